The monoisotopic (exact) mass is 246 g/mol. The smallest absolute Gasteiger partial charge is 0.341 e. The fourth-order valence-electron chi connectivity index (χ4n) is 1.90. The number of nitrogens with zero attached hydrogens (tertiary/aromatic N) is 1. The Bertz CT molecular complexity index is 433. The first-order valence-corrected chi connectivity index (χ1v) is 5.89. The molecule has 2 rings (SSSR count). The third kappa shape index (κ3) is 3.01. The summed E-state index contributed by atoms with van der Waals surface area (Å²) in [6.45, 7) is 1.44. The maximum atomic E-state index is 11.6. The van der Waals surface area contributed by atoms with Crippen LogP contribution in [0.3, 0.4) is 0 Å². The van der Waals surface area contributed by atoms with Crippen LogP contribution in [0.1, 0.15) is 23.2 Å². The average Bonchev–Trinajstić information content (AvgIpc) is 2.41. The second kappa shape index (κ2) is 5.86. The van der Waals surface area contributed by atoms with Crippen molar-refractivity contribution in [1.29, 1.82) is 0 Å². The third-order valence-corrected chi connectivity index (χ3v) is 2.88. The van der Waals surface area contributed by atoms with E-state index in [1.54, 1.807) is 6.07 Å². The van der Waals surface area contributed by atoms with Gasteiger partial charge >= 0.3 is 5.97 Å². The van der Waals surface area contributed by atoms with Gasteiger partial charge < -0.3 is 14.8 Å². The minimum Gasteiger partial charge on any atom is -0.465 e. The number of rotatable bonds is 3. The molecule has 1 aliphatic heterocycles. The van der Waals surface area contributed by atoms with Crippen molar-refractivity contribution in [1.82, 2.24) is 4.98 Å². The number of nitrogens with one attached hydrogen (secondary N) is 1. The summed E-state index contributed by atoms with van der Waals surface area (Å²) >= 11 is 0. The number of aromatic nitrogens is 1. The maximum absolute atomic E-state index is 11.6. The highest BCUT2D eigenvalue weighted by molar-refractivity contribution is 6.32. The predicted octanol–water partition coefficient (Wildman–Crippen LogP) is 0.253. The second-order valence-electron chi connectivity index (χ2n) is 4.19. The molecule has 0 amide bonds. The number of pyridine rings is 1. The van der Waals surface area contributed by atoms with Crippen LogP contribution in [0.4, 0.5) is 5.82 Å². The molecule has 0 saturated carbocycles. The molecule has 1 aromatic rings. The molecule has 2 heterocycles. The first kappa shape index (κ1) is 12.9. The molecule has 1 aromatic heterocycles. The molecule has 1 N–H and O–H groups in total. The largest absolute Gasteiger partial charge is 0.465 e. The fraction of sp³-hybridized carbons (Fsp3) is 0.500. The van der Waals surface area contributed by atoms with Crippen LogP contribution in [0.15, 0.2) is 12.3 Å². The van der Waals surface area contributed by atoms with Crippen molar-refractivity contribution in [3.63, 3.8) is 0 Å². The first-order chi connectivity index (χ1) is 8.70. The molecule has 5 nitrogen and oxygen atoms in total. The van der Waals surface area contributed by atoms with Gasteiger partial charge in [0.1, 0.15) is 19.2 Å². The molecule has 0 aromatic carbocycles. The molecule has 0 unspecified atom stereocenters. The van der Waals surface area contributed by atoms with Gasteiger partial charge in [-0.3, -0.25) is 0 Å². The quantitative estimate of drug-likeness (QED) is 0.612. The molecule has 1 aliphatic rings. The summed E-state index contributed by atoms with van der Waals surface area (Å²) < 4.78 is 10.0. The molecule has 0 spiro atoms. The van der Waals surface area contributed by atoms with Crippen molar-refractivity contribution >= 4 is 25.1 Å². The lowest BCUT2D eigenvalue weighted by atomic mass is 9.96. The van der Waals surface area contributed by atoms with Crippen molar-refractivity contribution in [2.24, 2.45) is 0 Å². The molecule has 0 atom stereocenters. The average molecular weight is 246 g/mol. The van der Waals surface area contributed by atoms with Crippen molar-refractivity contribution in [2.45, 2.75) is 18.9 Å². The second-order valence-corrected chi connectivity index (χ2v) is 4.19. The van der Waals surface area contributed by atoms with Gasteiger partial charge in [-0.2, -0.15) is 0 Å². The van der Waals surface area contributed by atoms with Crippen LogP contribution in [0, 0.1) is 0 Å². The van der Waals surface area contributed by atoms with Crippen LogP contribution in [0.2, 0.25) is 0 Å². The summed E-state index contributed by atoms with van der Waals surface area (Å²) in [4.78, 5) is 15.8. The number of anilines is 1. The first-order valence-electron chi connectivity index (χ1n) is 5.89. The van der Waals surface area contributed by atoms with E-state index in [1.165, 1.54) is 13.3 Å². The molecule has 0 aliphatic carbocycles. The van der Waals surface area contributed by atoms with Crippen molar-refractivity contribution in [3.05, 3.63) is 17.8 Å². The van der Waals surface area contributed by atoms with Gasteiger partial charge in [0.2, 0.25) is 0 Å². The van der Waals surface area contributed by atoms with E-state index < -0.39 is 5.97 Å². The van der Waals surface area contributed by atoms with E-state index in [-0.39, 0.29) is 6.04 Å². The van der Waals surface area contributed by atoms with Gasteiger partial charge in [-0.15, -0.1) is 0 Å². The van der Waals surface area contributed by atoms with E-state index in [2.05, 4.69) is 10.3 Å². The molecule has 1 fully saturated rings. The molecule has 94 valence electrons. The van der Waals surface area contributed by atoms with E-state index in [1.807, 2.05) is 0 Å². The van der Waals surface area contributed by atoms with Gasteiger partial charge in [0, 0.05) is 25.5 Å². The SMILES string of the molecule is [B]c1cnc(NC2CCOCC2)c(C(=O)OC)c1. The number of carbonyl (C=O) groups is 1. The highest BCUT2D eigenvalue weighted by atomic mass is 16.5. The van der Waals surface area contributed by atoms with Crippen LogP contribution < -0.4 is 10.8 Å². The van der Waals surface area contributed by atoms with Crippen molar-refractivity contribution < 1.29 is 14.3 Å². The van der Waals surface area contributed by atoms with Gasteiger partial charge in [-0.1, -0.05) is 5.46 Å². The Morgan fingerprint density at radius 2 is 2.28 bits per heavy atom. The number of ether oxygens (including phenoxy) is 2. The highest BCUT2D eigenvalue weighted by Crippen LogP contribution is 2.17. The van der Waals surface area contributed by atoms with Gasteiger partial charge in [0.05, 0.1) is 7.11 Å². The van der Waals surface area contributed by atoms with Gasteiger partial charge in [-0.25, -0.2) is 9.78 Å². The van der Waals surface area contributed by atoms with Crippen molar-refractivity contribution in [3.8, 4) is 0 Å². The zero-order valence-electron chi connectivity index (χ0n) is 10.3. The van der Waals surface area contributed by atoms with Crippen LogP contribution in [-0.4, -0.2) is 45.2 Å². The number of esters is 1. The van der Waals surface area contributed by atoms with Crippen LogP contribution in [-0.2, 0) is 9.47 Å². The molecule has 0 bridgehead atoms. The van der Waals surface area contributed by atoms with Crippen LogP contribution in [0.5, 0.6) is 0 Å². The predicted molar refractivity (Wildman–Crippen MR) is 68.4 cm³/mol. The Kier molecular flexibility index (Phi) is 4.20. The Labute approximate surface area is 107 Å². The Hall–Kier alpha value is -1.56. The van der Waals surface area contributed by atoms with E-state index in [0.717, 1.165) is 26.1 Å². The zero-order chi connectivity index (χ0) is 13.0. The molecule has 6 heteroatoms. The fourth-order valence-corrected chi connectivity index (χ4v) is 1.90. The molecular weight excluding hydrogens is 231 g/mol. The lowest BCUT2D eigenvalue weighted by Crippen LogP contribution is -2.29. The number of carbonyl (C=O) groups excluding carboxylic acids is 1. The summed E-state index contributed by atoms with van der Waals surface area (Å²) in [7, 11) is 6.97. The Morgan fingerprint density at radius 1 is 1.56 bits per heavy atom. The Morgan fingerprint density at radius 3 is 2.94 bits per heavy atom. The van der Waals surface area contributed by atoms with E-state index in [0.29, 0.717) is 16.8 Å². The van der Waals surface area contributed by atoms with E-state index in [4.69, 9.17) is 17.3 Å². The normalized spacial score (nSPS) is 16.3. The summed E-state index contributed by atoms with van der Waals surface area (Å²) in [6.07, 6.45) is 3.31. The van der Waals surface area contributed by atoms with E-state index >= 15 is 0 Å². The third-order valence-electron chi connectivity index (χ3n) is 2.88. The van der Waals surface area contributed by atoms with Gasteiger partial charge in [0.15, 0.2) is 0 Å². The molecular formula is C12H15BN2O3. The standard InChI is InChI=1S/C12H15BN2O3/c1-17-12(16)10-6-8(13)7-14-11(10)15-9-2-4-18-5-3-9/h6-7,9H,2-5H2,1H3,(H,14,15). The molecule has 2 radical (unpaired) electrons. The van der Waals surface area contributed by atoms with Crippen LogP contribution >= 0.6 is 0 Å². The molecule has 1 saturated heterocycles. The van der Waals surface area contributed by atoms with Gasteiger partial charge in [0.25, 0.3) is 0 Å². The summed E-state index contributed by atoms with van der Waals surface area (Å²) in [5, 5.41) is 3.24. The number of methoxy groups -OCH3 is 1. The van der Waals surface area contributed by atoms with Crippen molar-refractivity contribution in [2.75, 3.05) is 25.6 Å². The maximum Gasteiger partial charge on any atom is 0.341 e. The number of hydrogen-bond acceptors (Lipinski definition) is 5. The zero-order valence-corrected chi connectivity index (χ0v) is 10.3. The minimum atomic E-state index is -0.440. The molecule has 18 heavy (non-hydrogen) atoms. The van der Waals surface area contributed by atoms with Gasteiger partial charge in [-0.05, 0) is 18.9 Å². The van der Waals surface area contributed by atoms with E-state index in [9.17, 15) is 4.79 Å². The topological polar surface area (TPSA) is 60.5 Å². The summed E-state index contributed by atoms with van der Waals surface area (Å²) in [6, 6.07) is 1.83. The lowest BCUT2D eigenvalue weighted by Gasteiger charge is -2.24. The highest BCUT2D eigenvalue weighted by Gasteiger charge is 2.18. The Balaban J connectivity index is 2.17. The number of hydrogen-bond donors (Lipinski definition) is 1. The minimum absolute atomic E-state index is 0.262. The van der Waals surface area contributed by atoms with Crippen LogP contribution in [0.25, 0.3) is 0 Å². The lowest BCUT2D eigenvalue weighted by molar-refractivity contribution is 0.0601. The summed E-state index contributed by atoms with van der Waals surface area (Å²) in [5.74, 6) is 0.0762. The summed E-state index contributed by atoms with van der Waals surface area (Å²) in [5.41, 5.74) is 0.803.